The fourth-order valence-electron chi connectivity index (χ4n) is 4.33. The molecule has 0 atom stereocenters. The van der Waals surface area contributed by atoms with Crippen LogP contribution in [0.5, 0.6) is 0 Å². The smallest absolute Gasteiger partial charge is 0.251 e. The molecule has 2 aliphatic rings. The molecule has 3 rings (SSSR count). The van der Waals surface area contributed by atoms with Crippen molar-refractivity contribution in [3.8, 4) is 0 Å². The highest BCUT2D eigenvalue weighted by molar-refractivity contribution is 7.89. The van der Waals surface area contributed by atoms with E-state index in [4.69, 9.17) is 0 Å². The number of hydrogen-bond acceptors (Lipinski definition) is 4. The van der Waals surface area contributed by atoms with Gasteiger partial charge in [0.05, 0.1) is 4.90 Å². The lowest BCUT2D eigenvalue weighted by Gasteiger charge is -2.33. The summed E-state index contributed by atoms with van der Waals surface area (Å²) in [5.41, 5.74) is 0.400. The molecule has 7 heteroatoms. The molecule has 0 bridgehead atoms. The Labute approximate surface area is 175 Å². The van der Waals surface area contributed by atoms with E-state index in [1.54, 1.807) is 25.2 Å². The molecule has 1 aromatic carbocycles. The van der Waals surface area contributed by atoms with Gasteiger partial charge in [-0.15, -0.1) is 0 Å². The summed E-state index contributed by atoms with van der Waals surface area (Å²) in [6, 6.07) is 6.36. The Balaban J connectivity index is 1.56. The Morgan fingerprint density at radius 1 is 1.17 bits per heavy atom. The van der Waals surface area contributed by atoms with E-state index in [1.807, 2.05) is 13.8 Å². The quantitative estimate of drug-likeness (QED) is 0.734. The molecule has 1 aromatic rings. The Kier molecular flexibility index (Phi) is 7.35. The fraction of sp³-hybridized carbons (Fsp3) is 0.682. The standard InChI is InChI=1S/C22H35N3O3S/c1-17(2)24(3)29(27,28)21-10-6-9-19(15-21)22(26)23-20-11-13-25(14-12-20)16-18-7-4-5-8-18/h6,9-10,15,17-18,20H,4-5,7-8,11-14,16H2,1-3H3,(H,23,26). The van der Waals surface area contributed by atoms with Crippen LogP contribution in [0.4, 0.5) is 0 Å². The highest BCUT2D eigenvalue weighted by Crippen LogP contribution is 2.26. The maximum atomic E-state index is 12.7. The van der Waals surface area contributed by atoms with Crippen LogP contribution in [-0.2, 0) is 10.0 Å². The molecule has 0 aromatic heterocycles. The lowest BCUT2D eigenvalue weighted by Crippen LogP contribution is -2.45. The number of rotatable bonds is 7. The number of carbonyl (C=O) groups is 1. The zero-order valence-electron chi connectivity index (χ0n) is 17.9. The molecule has 162 valence electrons. The SMILES string of the molecule is CC(C)N(C)S(=O)(=O)c1cccc(C(=O)NC2CCN(CC3CCCC3)CC2)c1. The van der Waals surface area contributed by atoms with E-state index < -0.39 is 10.0 Å². The molecular weight excluding hydrogens is 386 g/mol. The molecule has 2 fully saturated rings. The van der Waals surface area contributed by atoms with Gasteiger partial charge < -0.3 is 10.2 Å². The second-order valence-corrected chi connectivity index (χ2v) is 10.8. The summed E-state index contributed by atoms with van der Waals surface area (Å²) in [5, 5.41) is 3.11. The first-order chi connectivity index (χ1) is 13.8. The molecule has 1 saturated carbocycles. The molecule has 1 saturated heterocycles. The van der Waals surface area contributed by atoms with E-state index >= 15 is 0 Å². The van der Waals surface area contributed by atoms with Crippen molar-refractivity contribution in [3.63, 3.8) is 0 Å². The molecule has 1 heterocycles. The fourth-order valence-corrected chi connectivity index (χ4v) is 5.74. The number of nitrogens with one attached hydrogen (secondary N) is 1. The van der Waals surface area contributed by atoms with Crippen LogP contribution in [0.2, 0.25) is 0 Å². The minimum Gasteiger partial charge on any atom is -0.349 e. The van der Waals surface area contributed by atoms with Crippen molar-refractivity contribution in [1.82, 2.24) is 14.5 Å². The Bertz CT molecular complexity index is 795. The van der Waals surface area contributed by atoms with Crippen molar-refractivity contribution >= 4 is 15.9 Å². The maximum absolute atomic E-state index is 12.7. The Morgan fingerprint density at radius 3 is 2.45 bits per heavy atom. The van der Waals surface area contributed by atoms with Crippen LogP contribution in [0, 0.1) is 5.92 Å². The molecule has 1 amide bonds. The maximum Gasteiger partial charge on any atom is 0.251 e. The van der Waals surface area contributed by atoms with E-state index in [0.29, 0.717) is 5.56 Å². The van der Waals surface area contributed by atoms with E-state index in [9.17, 15) is 13.2 Å². The highest BCUT2D eigenvalue weighted by atomic mass is 32.2. The zero-order chi connectivity index (χ0) is 21.0. The molecule has 0 radical (unpaired) electrons. The van der Waals surface area contributed by atoms with Gasteiger partial charge in [-0.3, -0.25) is 4.79 Å². The highest BCUT2D eigenvalue weighted by Gasteiger charge is 2.26. The van der Waals surface area contributed by atoms with Gasteiger partial charge >= 0.3 is 0 Å². The van der Waals surface area contributed by atoms with Gasteiger partial charge in [-0.25, -0.2) is 8.42 Å². The monoisotopic (exact) mass is 421 g/mol. The predicted molar refractivity (Wildman–Crippen MR) is 115 cm³/mol. The van der Waals surface area contributed by atoms with Crippen LogP contribution in [0.15, 0.2) is 29.2 Å². The summed E-state index contributed by atoms with van der Waals surface area (Å²) in [6.07, 6.45) is 7.38. The summed E-state index contributed by atoms with van der Waals surface area (Å²) in [5.74, 6) is 0.665. The second-order valence-electron chi connectivity index (χ2n) is 8.84. The second kappa shape index (κ2) is 9.58. The number of sulfonamides is 1. The van der Waals surface area contributed by atoms with Gasteiger partial charge in [0.1, 0.15) is 0 Å². The van der Waals surface area contributed by atoms with Gasteiger partial charge in [0.25, 0.3) is 5.91 Å². The van der Waals surface area contributed by atoms with E-state index in [1.165, 1.54) is 42.6 Å². The molecule has 1 N–H and O–H groups in total. The minimum atomic E-state index is -3.60. The van der Waals surface area contributed by atoms with Gasteiger partial charge in [0, 0.05) is 44.3 Å². The summed E-state index contributed by atoms with van der Waals surface area (Å²) in [4.78, 5) is 15.4. The molecule has 6 nitrogen and oxygen atoms in total. The summed E-state index contributed by atoms with van der Waals surface area (Å²) in [7, 11) is -2.04. The first-order valence-corrected chi connectivity index (χ1v) is 12.3. The van der Waals surface area contributed by atoms with Gasteiger partial charge in [-0.1, -0.05) is 18.9 Å². The van der Waals surface area contributed by atoms with Crippen LogP contribution in [0.3, 0.4) is 0 Å². The van der Waals surface area contributed by atoms with Crippen LogP contribution >= 0.6 is 0 Å². The van der Waals surface area contributed by atoms with Crippen molar-refractivity contribution in [3.05, 3.63) is 29.8 Å². The molecule has 29 heavy (non-hydrogen) atoms. The summed E-state index contributed by atoms with van der Waals surface area (Å²) in [6.45, 7) is 6.90. The van der Waals surface area contributed by atoms with Gasteiger partial charge in [-0.05, 0) is 63.6 Å². The summed E-state index contributed by atoms with van der Waals surface area (Å²) < 4.78 is 26.7. The Morgan fingerprint density at radius 2 is 1.83 bits per heavy atom. The van der Waals surface area contributed by atoms with E-state index in [2.05, 4.69) is 10.2 Å². The average molecular weight is 422 g/mol. The lowest BCUT2D eigenvalue weighted by molar-refractivity contribution is 0.0905. The number of nitrogens with zero attached hydrogens (tertiary/aromatic N) is 2. The normalized spacial score (nSPS) is 19.9. The average Bonchev–Trinajstić information content (AvgIpc) is 3.22. The predicted octanol–water partition coefficient (Wildman–Crippen LogP) is 3.10. The molecule has 1 aliphatic heterocycles. The van der Waals surface area contributed by atoms with Gasteiger partial charge in [0.15, 0.2) is 0 Å². The number of piperidine rings is 1. The molecule has 0 unspecified atom stereocenters. The van der Waals surface area contributed by atoms with Crippen molar-refractivity contribution < 1.29 is 13.2 Å². The van der Waals surface area contributed by atoms with Crippen LogP contribution in [-0.4, -0.2) is 62.3 Å². The minimum absolute atomic E-state index is 0.146. The third-order valence-electron chi connectivity index (χ3n) is 6.41. The zero-order valence-corrected chi connectivity index (χ0v) is 18.7. The number of hydrogen-bond donors (Lipinski definition) is 1. The van der Waals surface area contributed by atoms with Crippen LogP contribution < -0.4 is 5.32 Å². The molecule has 1 aliphatic carbocycles. The van der Waals surface area contributed by atoms with Gasteiger partial charge in [-0.2, -0.15) is 4.31 Å². The first kappa shape index (κ1) is 22.2. The number of benzene rings is 1. The topological polar surface area (TPSA) is 69.7 Å². The van der Waals surface area contributed by atoms with E-state index in [-0.39, 0.29) is 22.9 Å². The third-order valence-corrected chi connectivity index (χ3v) is 8.44. The molecular formula is C22H35N3O3S. The number of likely N-dealkylation sites (tertiary alicyclic amines) is 1. The molecule has 0 spiro atoms. The Hall–Kier alpha value is -1.44. The largest absolute Gasteiger partial charge is 0.349 e. The summed E-state index contributed by atoms with van der Waals surface area (Å²) >= 11 is 0. The van der Waals surface area contributed by atoms with Crippen molar-refractivity contribution in [2.24, 2.45) is 5.92 Å². The number of carbonyl (C=O) groups excluding carboxylic acids is 1. The van der Waals surface area contributed by atoms with Crippen LogP contribution in [0.25, 0.3) is 0 Å². The lowest BCUT2D eigenvalue weighted by atomic mass is 10.0. The number of amides is 1. The van der Waals surface area contributed by atoms with Crippen LogP contribution in [0.1, 0.15) is 62.7 Å². The third kappa shape index (κ3) is 5.58. The van der Waals surface area contributed by atoms with Gasteiger partial charge in [0.2, 0.25) is 10.0 Å². The first-order valence-electron chi connectivity index (χ1n) is 10.9. The van der Waals surface area contributed by atoms with Crippen molar-refractivity contribution in [2.75, 3.05) is 26.7 Å². The van der Waals surface area contributed by atoms with E-state index in [0.717, 1.165) is 31.8 Å². The van der Waals surface area contributed by atoms with Crippen molar-refractivity contribution in [1.29, 1.82) is 0 Å². The van der Waals surface area contributed by atoms with Crippen molar-refractivity contribution in [2.45, 2.75) is 69.4 Å².